The van der Waals surface area contributed by atoms with Crippen LogP contribution in [0.1, 0.15) is 25.3 Å². The molecule has 2 rings (SSSR count). The summed E-state index contributed by atoms with van der Waals surface area (Å²) in [7, 11) is 0. The van der Waals surface area contributed by atoms with E-state index < -0.39 is 0 Å². The first-order valence-electron chi connectivity index (χ1n) is 4.86. The molecule has 2 nitrogen and oxygen atoms in total. The largest absolute Gasteiger partial charge is 0.508 e. The van der Waals surface area contributed by atoms with Gasteiger partial charge in [0.15, 0.2) is 0 Å². The lowest BCUT2D eigenvalue weighted by Crippen LogP contribution is -1.92. The van der Waals surface area contributed by atoms with Crippen LogP contribution in [-0.4, -0.2) is 10.1 Å². The number of fused-ring (bicyclic) bond motifs is 1. The van der Waals surface area contributed by atoms with Crippen LogP contribution >= 0.6 is 11.6 Å². The van der Waals surface area contributed by atoms with E-state index in [0.29, 0.717) is 11.1 Å². The van der Waals surface area contributed by atoms with Crippen LogP contribution in [0.4, 0.5) is 0 Å². The lowest BCUT2D eigenvalue weighted by atomic mass is 9.99. The number of halogens is 1. The van der Waals surface area contributed by atoms with Crippen molar-refractivity contribution in [3.05, 3.63) is 35.1 Å². The molecule has 0 aliphatic carbocycles. The van der Waals surface area contributed by atoms with E-state index in [2.05, 4.69) is 18.8 Å². The second-order valence-corrected chi connectivity index (χ2v) is 4.25. The Morgan fingerprint density at radius 3 is 2.67 bits per heavy atom. The molecule has 0 fully saturated rings. The smallest absolute Gasteiger partial charge is 0.136 e. The first-order valence-corrected chi connectivity index (χ1v) is 5.24. The summed E-state index contributed by atoms with van der Waals surface area (Å²) < 4.78 is 0. The van der Waals surface area contributed by atoms with Gasteiger partial charge in [0.2, 0.25) is 0 Å². The minimum Gasteiger partial charge on any atom is -0.508 e. The highest BCUT2D eigenvalue weighted by Gasteiger charge is 2.09. The Kier molecular flexibility index (Phi) is 2.53. The van der Waals surface area contributed by atoms with Gasteiger partial charge in [0, 0.05) is 11.6 Å². The average molecular weight is 222 g/mol. The van der Waals surface area contributed by atoms with Crippen molar-refractivity contribution < 1.29 is 5.11 Å². The predicted molar refractivity (Wildman–Crippen MR) is 62.5 cm³/mol. The quantitative estimate of drug-likeness (QED) is 0.745. The third-order valence-corrected chi connectivity index (χ3v) is 2.78. The second-order valence-electron chi connectivity index (χ2n) is 3.89. The molecule has 0 aliphatic heterocycles. The topological polar surface area (TPSA) is 33.1 Å². The molecule has 15 heavy (non-hydrogen) atoms. The lowest BCUT2D eigenvalue weighted by Gasteiger charge is -2.10. The van der Waals surface area contributed by atoms with E-state index in [9.17, 15) is 5.11 Å². The van der Waals surface area contributed by atoms with E-state index in [4.69, 9.17) is 11.6 Å². The fourth-order valence-electron chi connectivity index (χ4n) is 1.68. The molecular formula is C12H12ClNO. The highest BCUT2D eigenvalue weighted by atomic mass is 35.5. The van der Waals surface area contributed by atoms with Gasteiger partial charge < -0.3 is 5.11 Å². The fraction of sp³-hybridized carbons (Fsp3) is 0.250. The number of phenolic OH excluding ortho intramolecular Hbond substituents is 1. The Balaban J connectivity index is 2.84. The molecule has 0 amide bonds. The van der Waals surface area contributed by atoms with Crippen LogP contribution in [0.2, 0.25) is 5.15 Å². The zero-order chi connectivity index (χ0) is 11.0. The summed E-state index contributed by atoms with van der Waals surface area (Å²) in [6, 6.07) is 5.16. The molecule has 1 aromatic heterocycles. The summed E-state index contributed by atoms with van der Waals surface area (Å²) in [5.74, 6) is 0.616. The number of aromatic hydroxyl groups is 1. The number of hydrogen-bond donors (Lipinski definition) is 1. The molecule has 0 atom stereocenters. The SMILES string of the molecule is CC(C)c1cnc(Cl)c2ccc(O)cc12. The minimum atomic E-state index is 0.256. The monoisotopic (exact) mass is 221 g/mol. The van der Waals surface area contributed by atoms with Gasteiger partial charge in [0.05, 0.1) is 0 Å². The molecule has 1 heterocycles. The highest BCUT2D eigenvalue weighted by molar-refractivity contribution is 6.34. The molecule has 0 saturated heterocycles. The normalized spacial score (nSPS) is 11.2. The number of hydrogen-bond acceptors (Lipinski definition) is 2. The molecule has 3 heteroatoms. The van der Waals surface area contributed by atoms with Gasteiger partial charge in [-0.3, -0.25) is 0 Å². The molecule has 1 aromatic carbocycles. The fourth-order valence-corrected chi connectivity index (χ4v) is 1.89. The number of phenols is 1. The number of pyridine rings is 1. The van der Waals surface area contributed by atoms with E-state index >= 15 is 0 Å². The number of aromatic nitrogens is 1. The standard InChI is InChI=1S/C12H12ClNO/c1-7(2)11-6-14-12(13)9-4-3-8(15)5-10(9)11/h3-7,15H,1-2H3. The van der Waals surface area contributed by atoms with Gasteiger partial charge in [-0.15, -0.1) is 0 Å². The third kappa shape index (κ3) is 1.77. The van der Waals surface area contributed by atoms with Crippen molar-refractivity contribution in [2.24, 2.45) is 0 Å². The maximum atomic E-state index is 9.46. The molecule has 2 aromatic rings. The Bertz CT molecular complexity index is 508. The van der Waals surface area contributed by atoms with Crippen molar-refractivity contribution in [2.45, 2.75) is 19.8 Å². The number of benzene rings is 1. The first kappa shape index (κ1) is 10.2. The van der Waals surface area contributed by atoms with Crippen LogP contribution in [0.15, 0.2) is 24.4 Å². The van der Waals surface area contributed by atoms with E-state index in [1.165, 1.54) is 0 Å². The van der Waals surface area contributed by atoms with Crippen LogP contribution in [0, 0.1) is 0 Å². The molecule has 0 radical (unpaired) electrons. The van der Waals surface area contributed by atoms with Crippen molar-refractivity contribution in [2.75, 3.05) is 0 Å². The van der Waals surface area contributed by atoms with Gasteiger partial charge in [0.25, 0.3) is 0 Å². The highest BCUT2D eigenvalue weighted by Crippen LogP contribution is 2.31. The summed E-state index contributed by atoms with van der Waals surface area (Å²) in [5.41, 5.74) is 1.10. The van der Waals surface area contributed by atoms with Gasteiger partial charge in [-0.05, 0) is 35.1 Å². The van der Waals surface area contributed by atoms with Crippen molar-refractivity contribution >= 4 is 22.4 Å². The van der Waals surface area contributed by atoms with Gasteiger partial charge in [-0.2, -0.15) is 0 Å². The Labute approximate surface area is 93.5 Å². The lowest BCUT2D eigenvalue weighted by molar-refractivity contribution is 0.476. The maximum Gasteiger partial charge on any atom is 0.136 e. The van der Waals surface area contributed by atoms with Crippen LogP contribution in [0.5, 0.6) is 5.75 Å². The first-order chi connectivity index (χ1) is 7.09. The van der Waals surface area contributed by atoms with Gasteiger partial charge in [-0.25, -0.2) is 4.98 Å². The van der Waals surface area contributed by atoms with Crippen molar-refractivity contribution in [3.63, 3.8) is 0 Å². The van der Waals surface area contributed by atoms with Gasteiger partial charge in [0.1, 0.15) is 10.9 Å². The molecule has 0 spiro atoms. The average Bonchev–Trinajstić information content (AvgIpc) is 2.17. The molecule has 0 aliphatic rings. The zero-order valence-corrected chi connectivity index (χ0v) is 9.42. The molecule has 1 N–H and O–H groups in total. The Morgan fingerprint density at radius 1 is 1.27 bits per heavy atom. The summed E-state index contributed by atoms with van der Waals surface area (Å²) in [6.07, 6.45) is 1.77. The molecule has 0 unspecified atom stereocenters. The Morgan fingerprint density at radius 2 is 2.00 bits per heavy atom. The number of rotatable bonds is 1. The van der Waals surface area contributed by atoms with E-state index in [-0.39, 0.29) is 5.75 Å². The molecule has 0 bridgehead atoms. The molecular weight excluding hydrogens is 210 g/mol. The van der Waals surface area contributed by atoms with Crippen LogP contribution in [0.25, 0.3) is 10.8 Å². The zero-order valence-electron chi connectivity index (χ0n) is 8.66. The van der Waals surface area contributed by atoms with E-state index in [1.54, 1.807) is 24.4 Å². The van der Waals surface area contributed by atoms with Crippen LogP contribution in [-0.2, 0) is 0 Å². The van der Waals surface area contributed by atoms with Crippen molar-refractivity contribution in [3.8, 4) is 5.75 Å². The summed E-state index contributed by atoms with van der Waals surface area (Å²) in [4.78, 5) is 4.14. The number of nitrogens with zero attached hydrogens (tertiary/aromatic N) is 1. The van der Waals surface area contributed by atoms with Crippen molar-refractivity contribution in [1.82, 2.24) is 4.98 Å². The third-order valence-electron chi connectivity index (χ3n) is 2.48. The summed E-state index contributed by atoms with van der Waals surface area (Å²) in [5, 5.41) is 11.8. The maximum absolute atomic E-state index is 9.46. The summed E-state index contributed by atoms with van der Waals surface area (Å²) >= 11 is 5.99. The van der Waals surface area contributed by atoms with E-state index in [0.717, 1.165) is 16.3 Å². The van der Waals surface area contributed by atoms with Crippen LogP contribution < -0.4 is 0 Å². The Hall–Kier alpha value is -1.28. The van der Waals surface area contributed by atoms with Gasteiger partial charge >= 0.3 is 0 Å². The minimum absolute atomic E-state index is 0.256. The van der Waals surface area contributed by atoms with Crippen LogP contribution in [0.3, 0.4) is 0 Å². The van der Waals surface area contributed by atoms with Gasteiger partial charge in [-0.1, -0.05) is 25.4 Å². The predicted octanol–water partition coefficient (Wildman–Crippen LogP) is 3.72. The summed E-state index contributed by atoms with van der Waals surface area (Å²) in [6.45, 7) is 4.18. The second kappa shape index (κ2) is 3.70. The van der Waals surface area contributed by atoms with Crippen molar-refractivity contribution in [1.29, 1.82) is 0 Å². The van der Waals surface area contributed by atoms with E-state index in [1.807, 2.05) is 0 Å². The molecule has 0 saturated carbocycles. The molecule has 78 valence electrons.